The molecule has 2 heterocycles. The van der Waals surface area contributed by atoms with Gasteiger partial charge in [0.1, 0.15) is 0 Å². The van der Waals surface area contributed by atoms with Crippen LogP contribution in [0.2, 0.25) is 0 Å². The zero-order valence-electron chi connectivity index (χ0n) is 13.9. The average molecular weight is 312 g/mol. The Labute approximate surface area is 137 Å². The van der Waals surface area contributed by atoms with Crippen molar-refractivity contribution < 1.29 is 9.32 Å². The molecule has 0 N–H and O–H groups in total. The summed E-state index contributed by atoms with van der Waals surface area (Å²) in [5.41, 5.74) is 2.17. The number of carbonyl (C=O) groups is 1. The zero-order chi connectivity index (χ0) is 16.2. The molecule has 23 heavy (non-hydrogen) atoms. The molecule has 0 aliphatic carbocycles. The van der Waals surface area contributed by atoms with E-state index in [0.717, 1.165) is 37.3 Å². The Bertz CT molecular complexity index is 648. The topological polar surface area (TPSA) is 46.3 Å². The molecule has 1 aromatic carbocycles. The Morgan fingerprint density at radius 3 is 2.83 bits per heavy atom. The zero-order valence-corrected chi connectivity index (χ0v) is 13.9. The summed E-state index contributed by atoms with van der Waals surface area (Å²) in [6, 6.07) is 12.2. The van der Waals surface area contributed by atoms with Crippen molar-refractivity contribution >= 4 is 5.91 Å². The number of aryl methyl sites for hydroxylation is 1. The Hall–Kier alpha value is -2.10. The summed E-state index contributed by atoms with van der Waals surface area (Å²) in [4.78, 5) is 14.6. The van der Waals surface area contributed by atoms with Crippen molar-refractivity contribution in [3.05, 3.63) is 53.4 Å². The van der Waals surface area contributed by atoms with E-state index >= 15 is 0 Å². The smallest absolute Gasteiger partial charge is 0.223 e. The van der Waals surface area contributed by atoms with Crippen molar-refractivity contribution in [1.82, 2.24) is 10.1 Å². The summed E-state index contributed by atoms with van der Waals surface area (Å²) < 4.78 is 5.51. The van der Waals surface area contributed by atoms with Gasteiger partial charge in [0.05, 0.1) is 11.7 Å². The number of hydrogen-bond donors (Lipinski definition) is 0. The Morgan fingerprint density at radius 2 is 2.13 bits per heavy atom. The second-order valence-corrected chi connectivity index (χ2v) is 6.54. The standard InChI is InChI=1S/C19H24N2O2/c1-14(2)16-13-18(23-20-16)17-9-6-12-21(17)19(22)11-10-15-7-4-3-5-8-15/h3-5,7-8,13-14,17H,6,9-12H2,1-2H3/t17-/m0/s1. The van der Waals surface area contributed by atoms with E-state index in [1.807, 2.05) is 29.2 Å². The van der Waals surface area contributed by atoms with E-state index in [9.17, 15) is 4.79 Å². The molecule has 122 valence electrons. The quantitative estimate of drug-likeness (QED) is 0.835. The number of rotatable bonds is 5. The van der Waals surface area contributed by atoms with Crippen LogP contribution in [0.4, 0.5) is 0 Å². The summed E-state index contributed by atoms with van der Waals surface area (Å²) in [5.74, 6) is 1.38. The normalized spacial score (nSPS) is 17.9. The highest BCUT2D eigenvalue weighted by Crippen LogP contribution is 2.33. The van der Waals surface area contributed by atoms with Crippen molar-refractivity contribution in [1.29, 1.82) is 0 Å². The van der Waals surface area contributed by atoms with Gasteiger partial charge in [-0.15, -0.1) is 0 Å². The monoisotopic (exact) mass is 312 g/mol. The van der Waals surface area contributed by atoms with E-state index < -0.39 is 0 Å². The van der Waals surface area contributed by atoms with Gasteiger partial charge < -0.3 is 9.42 Å². The fraction of sp³-hybridized carbons (Fsp3) is 0.474. The lowest BCUT2D eigenvalue weighted by Crippen LogP contribution is -2.30. The van der Waals surface area contributed by atoms with Gasteiger partial charge in [-0.05, 0) is 30.7 Å². The van der Waals surface area contributed by atoms with E-state index in [0.29, 0.717) is 12.3 Å². The third kappa shape index (κ3) is 3.63. The van der Waals surface area contributed by atoms with Crippen LogP contribution in [0.5, 0.6) is 0 Å². The first-order chi connectivity index (χ1) is 11.1. The van der Waals surface area contributed by atoms with Gasteiger partial charge in [0, 0.05) is 19.0 Å². The molecule has 1 atom stereocenters. The maximum atomic E-state index is 12.6. The number of aromatic nitrogens is 1. The van der Waals surface area contributed by atoms with Gasteiger partial charge in [-0.2, -0.15) is 0 Å². The third-order valence-corrected chi connectivity index (χ3v) is 4.51. The Balaban J connectivity index is 1.64. The maximum absolute atomic E-state index is 12.6. The molecule has 0 radical (unpaired) electrons. The van der Waals surface area contributed by atoms with E-state index in [4.69, 9.17) is 4.52 Å². The van der Waals surface area contributed by atoms with Gasteiger partial charge in [-0.1, -0.05) is 49.3 Å². The summed E-state index contributed by atoms with van der Waals surface area (Å²) in [6.45, 7) is 5.01. The van der Waals surface area contributed by atoms with Crippen LogP contribution >= 0.6 is 0 Å². The van der Waals surface area contributed by atoms with Gasteiger partial charge >= 0.3 is 0 Å². The highest BCUT2D eigenvalue weighted by molar-refractivity contribution is 5.77. The average Bonchev–Trinajstić information content (AvgIpc) is 3.22. The first-order valence-electron chi connectivity index (χ1n) is 8.45. The second-order valence-electron chi connectivity index (χ2n) is 6.54. The van der Waals surface area contributed by atoms with Crippen molar-refractivity contribution in [3.8, 4) is 0 Å². The van der Waals surface area contributed by atoms with Gasteiger partial charge in [-0.3, -0.25) is 4.79 Å². The van der Waals surface area contributed by atoms with Gasteiger partial charge in [0.2, 0.25) is 5.91 Å². The molecule has 1 saturated heterocycles. The molecule has 1 aliphatic heterocycles. The lowest BCUT2D eigenvalue weighted by Gasteiger charge is -2.22. The van der Waals surface area contributed by atoms with Crippen LogP contribution in [0.3, 0.4) is 0 Å². The first-order valence-corrected chi connectivity index (χ1v) is 8.45. The van der Waals surface area contributed by atoms with Gasteiger partial charge in [0.15, 0.2) is 5.76 Å². The second kappa shape index (κ2) is 6.99. The molecule has 3 rings (SSSR count). The molecule has 0 unspecified atom stereocenters. The fourth-order valence-electron chi connectivity index (χ4n) is 3.13. The number of nitrogens with zero attached hydrogens (tertiary/aromatic N) is 2. The predicted octanol–water partition coefficient (Wildman–Crippen LogP) is 4.09. The van der Waals surface area contributed by atoms with Crippen LogP contribution in [-0.2, 0) is 11.2 Å². The van der Waals surface area contributed by atoms with Crippen LogP contribution in [0, 0.1) is 0 Å². The molecule has 1 aliphatic rings. The van der Waals surface area contributed by atoms with Crippen molar-refractivity contribution in [2.45, 2.75) is 51.5 Å². The minimum Gasteiger partial charge on any atom is -0.359 e. The summed E-state index contributed by atoms with van der Waals surface area (Å²) in [7, 11) is 0. The van der Waals surface area contributed by atoms with E-state index in [1.54, 1.807) is 0 Å². The molecule has 1 amide bonds. The van der Waals surface area contributed by atoms with Gasteiger partial charge in [-0.25, -0.2) is 0 Å². The molecule has 2 aromatic rings. The Kier molecular flexibility index (Phi) is 4.79. The highest BCUT2D eigenvalue weighted by Gasteiger charge is 2.32. The van der Waals surface area contributed by atoms with E-state index in [1.165, 1.54) is 5.56 Å². The number of benzene rings is 1. The van der Waals surface area contributed by atoms with Crippen molar-refractivity contribution in [2.75, 3.05) is 6.54 Å². The van der Waals surface area contributed by atoms with E-state index in [2.05, 4.69) is 31.1 Å². The predicted molar refractivity (Wildman–Crippen MR) is 89.0 cm³/mol. The summed E-state index contributed by atoms with van der Waals surface area (Å²) >= 11 is 0. The fourth-order valence-corrected chi connectivity index (χ4v) is 3.13. The summed E-state index contributed by atoms with van der Waals surface area (Å²) in [6.07, 6.45) is 3.32. The largest absolute Gasteiger partial charge is 0.359 e. The SMILES string of the molecule is CC(C)c1cc([C@@H]2CCCN2C(=O)CCc2ccccc2)on1. The lowest BCUT2D eigenvalue weighted by molar-refractivity contribution is -0.132. The molecule has 4 heteroatoms. The van der Waals surface area contributed by atoms with Crippen LogP contribution in [0.25, 0.3) is 0 Å². The number of carbonyl (C=O) groups excluding carboxylic acids is 1. The molecule has 4 nitrogen and oxygen atoms in total. The Morgan fingerprint density at radius 1 is 1.35 bits per heavy atom. The molecular weight excluding hydrogens is 288 g/mol. The molecule has 1 aromatic heterocycles. The third-order valence-electron chi connectivity index (χ3n) is 4.51. The molecule has 0 spiro atoms. The van der Waals surface area contributed by atoms with Crippen LogP contribution in [-0.4, -0.2) is 22.5 Å². The molecule has 1 fully saturated rings. The number of hydrogen-bond acceptors (Lipinski definition) is 3. The van der Waals surface area contributed by atoms with Crippen molar-refractivity contribution in [3.63, 3.8) is 0 Å². The maximum Gasteiger partial charge on any atom is 0.223 e. The first kappa shape index (κ1) is 15.8. The summed E-state index contributed by atoms with van der Waals surface area (Å²) in [5, 5.41) is 4.13. The van der Waals surface area contributed by atoms with Gasteiger partial charge in [0.25, 0.3) is 0 Å². The lowest BCUT2D eigenvalue weighted by atomic mass is 10.1. The number of likely N-dealkylation sites (tertiary alicyclic amines) is 1. The van der Waals surface area contributed by atoms with Crippen LogP contribution in [0.1, 0.15) is 62.1 Å². The van der Waals surface area contributed by atoms with E-state index in [-0.39, 0.29) is 11.9 Å². The highest BCUT2D eigenvalue weighted by atomic mass is 16.5. The minimum atomic E-state index is 0.0540. The molecule has 0 saturated carbocycles. The van der Waals surface area contributed by atoms with Crippen LogP contribution < -0.4 is 0 Å². The number of amides is 1. The van der Waals surface area contributed by atoms with Crippen LogP contribution in [0.15, 0.2) is 40.9 Å². The van der Waals surface area contributed by atoms with Crippen molar-refractivity contribution in [2.24, 2.45) is 0 Å². The molecule has 0 bridgehead atoms. The minimum absolute atomic E-state index is 0.0540. The molecular formula is C19H24N2O2.